The first-order valence-electron chi connectivity index (χ1n) is 9.50. The van der Waals surface area contributed by atoms with Gasteiger partial charge in [0.2, 0.25) is 5.54 Å². The zero-order valence-electron chi connectivity index (χ0n) is 16.9. The summed E-state index contributed by atoms with van der Waals surface area (Å²) in [6, 6.07) is 12.5. The van der Waals surface area contributed by atoms with Gasteiger partial charge in [0.25, 0.3) is 15.8 Å². The number of rotatable bonds is 7. The first-order chi connectivity index (χ1) is 14.9. The van der Waals surface area contributed by atoms with Crippen molar-refractivity contribution in [3.63, 3.8) is 0 Å². The van der Waals surface area contributed by atoms with Crippen molar-refractivity contribution < 1.29 is 41.8 Å². The van der Waals surface area contributed by atoms with Crippen molar-refractivity contribution in [2.24, 2.45) is 0 Å². The van der Waals surface area contributed by atoms with Crippen LogP contribution in [0.15, 0.2) is 59.5 Å². The number of carboxylic acids is 1. The Morgan fingerprint density at radius 1 is 1.19 bits per heavy atom. The summed E-state index contributed by atoms with van der Waals surface area (Å²) in [6.07, 6.45) is -3.13. The van der Waals surface area contributed by atoms with Crippen LogP contribution in [-0.4, -0.2) is 58.3 Å². The van der Waals surface area contributed by atoms with Crippen LogP contribution in [0, 0.1) is 10.1 Å². The summed E-state index contributed by atoms with van der Waals surface area (Å²) in [5.74, 6) is -1.53. The lowest BCUT2D eigenvalue weighted by molar-refractivity contribution is -0.899. The van der Waals surface area contributed by atoms with Crippen LogP contribution in [0.4, 0.5) is 10.5 Å². The van der Waals surface area contributed by atoms with Gasteiger partial charge in [0.15, 0.2) is 0 Å². The summed E-state index contributed by atoms with van der Waals surface area (Å²) in [7, 11) is -4.62. The minimum Gasteiger partial charge on any atom is -0.477 e. The Balaban J connectivity index is 2.02. The molecule has 1 unspecified atom stereocenters. The first-order valence-corrected chi connectivity index (χ1v) is 10.9. The Morgan fingerprint density at radius 2 is 1.84 bits per heavy atom. The predicted molar refractivity (Wildman–Crippen MR) is 109 cm³/mol. The molecular formula is C20H21N2O9S+. The molecule has 32 heavy (non-hydrogen) atoms. The van der Waals surface area contributed by atoms with Gasteiger partial charge >= 0.3 is 12.1 Å². The zero-order valence-corrected chi connectivity index (χ0v) is 17.8. The number of amides is 1. The maximum atomic E-state index is 12.8. The van der Waals surface area contributed by atoms with Crippen molar-refractivity contribution in [3.8, 4) is 0 Å². The van der Waals surface area contributed by atoms with Crippen molar-refractivity contribution in [2.75, 3.05) is 6.54 Å². The fourth-order valence-corrected chi connectivity index (χ4v) is 5.26. The Morgan fingerprint density at radius 3 is 2.41 bits per heavy atom. The summed E-state index contributed by atoms with van der Waals surface area (Å²) >= 11 is 0. The second kappa shape index (κ2) is 8.30. The van der Waals surface area contributed by atoms with Gasteiger partial charge in [-0.2, -0.15) is 13.2 Å². The average Bonchev–Trinajstić information content (AvgIpc) is 3.02. The van der Waals surface area contributed by atoms with Crippen LogP contribution in [-0.2, 0) is 25.6 Å². The average molecular weight is 465 g/mol. The van der Waals surface area contributed by atoms with Gasteiger partial charge in [-0.25, -0.2) is 9.28 Å². The minimum atomic E-state index is -4.62. The number of hydrogen-bond acceptors (Lipinski definition) is 7. The summed E-state index contributed by atoms with van der Waals surface area (Å²) < 4.78 is 29.9. The number of nitro groups is 1. The topological polar surface area (TPSA) is 161 Å². The number of nitro benzene ring substituents is 1. The molecule has 1 saturated heterocycles. The lowest BCUT2D eigenvalue weighted by atomic mass is 9.93. The third kappa shape index (κ3) is 3.83. The predicted octanol–water partition coefficient (Wildman–Crippen LogP) is 2.61. The monoisotopic (exact) mass is 465 g/mol. The van der Waals surface area contributed by atoms with Crippen molar-refractivity contribution in [2.45, 2.75) is 36.4 Å². The van der Waals surface area contributed by atoms with Crippen LogP contribution in [0.3, 0.4) is 0 Å². The highest BCUT2D eigenvalue weighted by molar-refractivity contribution is 7.86. The fraction of sp³-hybridized carbons (Fsp3) is 0.300. The molecule has 170 valence electrons. The van der Waals surface area contributed by atoms with Crippen molar-refractivity contribution in [1.82, 2.24) is 0 Å². The highest BCUT2D eigenvalue weighted by atomic mass is 32.2. The molecule has 1 aliphatic heterocycles. The molecule has 2 N–H and O–H groups in total. The number of aliphatic carboxylic acids is 1. The van der Waals surface area contributed by atoms with Gasteiger partial charge in [0.05, 0.1) is 11.5 Å². The SMILES string of the molecule is C[C@@]1(C(=O)O)[C@@H](OS(=O)(=O)c2cccc([N+](=O)[O-])c2)CC[N+]1(Cc1ccccc1)C(=O)O. The molecule has 0 aliphatic carbocycles. The molecule has 3 atom stereocenters. The number of hydrogen-bond donors (Lipinski definition) is 2. The normalized spacial score (nSPS) is 25.3. The number of nitrogens with zero attached hydrogens (tertiary/aromatic N) is 2. The molecule has 0 bridgehead atoms. The summed E-state index contributed by atoms with van der Waals surface area (Å²) in [5, 5.41) is 31.1. The number of carbonyl (C=O) groups is 2. The van der Waals surface area contributed by atoms with E-state index >= 15 is 0 Å². The number of carboxylic acid groups (broad SMARTS) is 2. The molecule has 2 aromatic carbocycles. The van der Waals surface area contributed by atoms with E-state index in [9.17, 15) is 38.3 Å². The number of likely N-dealkylation sites (tertiary alicyclic amines) is 1. The maximum absolute atomic E-state index is 12.8. The molecule has 1 fully saturated rings. The van der Waals surface area contributed by atoms with Gasteiger partial charge in [-0.1, -0.05) is 36.4 Å². The van der Waals surface area contributed by atoms with E-state index in [4.69, 9.17) is 4.18 Å². The van der Waals surface area contributed by atoms with Gasteiger partial charge in [-0.05, 0) is 6.07 Å². The number of benzene rings is 2. The largest absolute Gasteiger partial charge is 0.514 e. The molecule has 0 spiro atoms. The zero-order chi connectivity index (χ0) is 23.7. The van der Waals surface area contributed by atoms with Gasteiger partial charge in [0, 0.05) is 31.0 Å². The van der Waals surface area contributed by atoms with Crippen LogP contribution in [0.25, 0.3) is 0 Å². The van der Waals surface area contributed by atoms with Crippen LogP contribution in [0.2, 0.25) is 0 Å². The van der Waals surface area contributed by atoms with Crippen LogP contribution in [0.1, 0.15) is 18.9 Å². The van der Waals surface area contributed by atoms with E-state index in [2.05, 4.69) is 0 Å². The van der Waals surface area contributed by atoms with Gasteiger partial charge in [-0.3, -0.25) is 14.3 Å². The fourth-order valence-electron chi connectivity index (χ4n) is 4.05. The van der Waals surface area contributed by atoms with Gasteiger partial charge in [0.1, 0.15) is 17.5 Å². The maximum Gasteiger partial charge on any atom is 0.514 e. The molecular weight excluding hydrogens is 444 g/mol. The smallest absolute Gasteiger partial charge is 0.477 e. The van der Waals surface area contributed by atoms with E-state index in [1.165, 1.54) is 0 Å². The lowest BCUT2D eigenvalue weighted by Gasteiger charge is -2.40. The Hall–Kier alpha value is -3.35. The van der Waals surface area contributed by atoms with Crippen LogP contribution >= 0.6 is 0 Å². The standard InChI is InChI=1S/C20H20N2O9S/c1-20(18(23)24)17(31-32(29,30)16-9-5-8-15(12-16)21(27)28)10-11-22(20,19(25)26)13-14-6-3-2-4-7-14/h2-9,12,17H,10-11,13H2,1H3,(H-,23,24,25,26)/p+1/t17-,20-,22?/m0/s1. The highest BCUT2D eigenvalue weighted by Crippen LogP contribution is 2.43. The molecule has 1 heterocycles. The molecule has 0 aromatic heterocycles. The van der Waals surface area contributed by atoms with E-state index in [1.807, 2.05) is 0 Å². The van der Waals surface area contributed by atoms with E-state index in [0.29, 0.717) is 5.56 Å². The molecule has 0 radical (unpaired) electrons. The molecule has 11 nitrogen and oxygen atoms in total. The molecule has 1 amide bonds. The van der Waals surface area contributed by atoms with E-state index in [-0.39, 0.29) is 19.5 Å². The summed E-state index contributed by atoms with van der Waals surface area (Å²) in [4.78, 5) is 34.4. The van der Waals surface area contributed by atoms with Gasteiger partial charge < -0.3 is 10.2 Å². The summed E-state index contributed by atoms with van der Waals surface area (Å²) in [5.41, 5.74) is -2.08. The highest BCUT2D eigenvalue weighted by Gasteiger charge is 2.69. The molecule has 3 rings (SSSR count). The van der Waals surface area contributed by atoms with Crippen molar-refractivity contribution >= 4 is 27.9 Å². The van der Waals surface area contributed by atoms with E-state index in [0.717, 1.165) is 31.2 Å². The Labute approximate surface area is 183 Å². The third-order valence-electron chi connectivity index (χ3n) is 5.94. The first kappa shape index (κ1) is 23.3. The second-order valence-electron chi connectivity index (χ2n) is 7.65. The molecule has 12 heteroatoms. The van der Waals surface area contributed by atoms with Gasteiger partial charge in [-0.15, -0.1) is 0 Å². The van der Waals surface area contributed by atoms with Crippen LogP contribution in [0.5, 0.6) is 0 Å². The Kier molecular flexibility index (Phi) is 6.05. The lowest BCUT2D eigenvalue weighted by Crippen LogP contribution is -2.68. The number of quaternary nitrogens is 1. The van der Waals surface area contributed by atoms with Crippen LogP contribution < -0.4 is 0 Å². The van der Waals surface area contributed by atoms with E-state index < -0.39 is 53.8 Å². The van der Waals surface area contributed by atoms with E-state index in [1.54, 1.807) is 30.3 Å². The molecule has 2 aromatic rings. The van der Waals surface area contributed by atoms with Crippen molar-refractivity contribution in [1.29, 1.82) is 0 Å². The third-order valence-corrected chi connectivity index (χ3v) is 7.26. The Bertz CT molecular complexity index is 1170. The molecule has 0 saturated carbocycles. The quantitative estimate of drug-likeness (QED) is 0.271. The summed E-state index contributed by atoms with van der Waals surface area (Å²) in [6.45, 7) is 0.755. The number of non-ortho nitro benzene ring substituents is 1. The van der Waals surface area contributed by atoms with Crippen molar-refractivity contribution in [3.05, 3.63) is 70.3 Å². The second-order valence-corrected chi connectivity index (χ2v) is 9.22. The molecule has 1 aliphatic rings. The minimum absolute atomic E-state index is 0.171.